The lowest BCUT2D eigenvalue weighted by molar-refractivity contribution is -0.137. The van der Waals surface area contributed by atoms with Crippen LogP contribution in [0.3, 0.4) is 0 Å². The van der Waals surface area contributed by atoms with Gasteiger partial charge in [0.25, 0.3) is 0 Å². The highest BCUT2D eigenvalue weighted by Crippen LogP contribution is 2.05. The Morgan fingerprint density at radius 3 is 3.14 bits per heavy atom. The maximum atomic E-state index is 11.1. The Morgan fingerprint density at radius 1 is 1.86 bits per heavy atom. The Hall–Kier alpha value is -2.09. The smallest absolute Gasteiger partial charge is 0.348 e. The van der Waals surface area contributed by atoms with Gasteiger partial charge >= 0.3 is 5.97 Å². The fraction of sp³-hybridized carbons (Fsp3) is 0.222. The molecule has 1 rings (SSSR count). The van der Waals surface area contributed by atoms with Gasteiger partial charge in [-0.1, -0.05) is 0 Å². The van der Waals surface area contributed by atoms with Crippen LogP contribution in [-0.4, -0.2) is 17.6 Å². The third kappa shape index (κ3) is 2.45. The summed E-state index contributed by atoms with van der Waals surface area (Å²) in [7, 11) is 0. The number of nitrogens with zero attached hydrogens (tertiary/aromatic N) is 2. The molecule has 0 spiro atoms. The van der Waals surface area contributed by atoms with Crippen molar-refractivity contribution in [1.82, 2.24) is 4.98 Å². The number of carbonyl (C=O) groups excluding carboxylic acids is 1. The number of hydrogen-bond acceptors (Lipinski definition) is 5. The van der Waals surface area contributed by atoms with Gasteiger partial charge in [-0.05, 0) is 13.0 Å². The molecule has 0 N–H and O–H groups in total. The maximum absolute atomic E-state index is 11.1. The number of hydrogen-bond donors (Lipinski definition) is 0. The van der Waals surface area contributed by atoms with E-state index in [-0.39, 0.29) is 12.2 Å². The fourth-order valence-corrected chi connectivity index (χ4v) is 0.787. The number of oxazole rings is 1. The number of nitriles is 1. The second kappa shape index (κ2) is 4.82. The van der Waals surface area contributed by atoms with E-state index in [1.54, 1.807) is 13.0 Å². The molecular formula is C9H8N2O3. The van der Waals surface area contributed by atoms with Gasteiger partial charge < -0.3 is 9.15 Å². The molecule has 0 amide bonds. The van der Waals surface area contributed by atoms with Crippen LogP contribution < -0.4 is 0 Å². The normalized spacial score (nSPS) is 10.7. The van der Waals surface area contributed by atoms with Crippen LogP contribution in [0.15, 0.2) is 22.6 Å². The standard InChI is InChI=1S/C9H8N2O3/c1-2-14-9(12)7(4-10)3-8-5-13-6-11-8/h3,5-6H,2H2,1H3/b7-3+. The van der Waals surface area contributed by atoms with E-state index in [9.17, 15) is 4.79 Å². The molecule has 14 heavy (non-hydrogen) atoms. The van der Waals surface area contributed by atoms with E-state index >= 15 is 0 Å². The van der Waals surface area contributed by atoms with E-state index in [0.717, 1.165) is 0 Å². The number of carbonyl (C=O) groups is 1. The molecule has 1 heterocycles. The predicted molar refractivity (Wildman–Crippen MR) is 46.7 cm³/mol. The SMILES string of the molecule is CCOC(=O)/C(C#N)=C/c1cocn1. The van der Waals surface area contributed by atoms with Crippen LogP contribution in [0.1, 0.15) is 12.6 Å². The van der Waals surface area contributed by atoms with E-state index in [1.807, 2.05) is 0 Å². The molecule has 0 aliphatic carbocycles. The van der Waals surface area contributed by atoms with E-state index in [4.69, 9.17) is 5.26 Å². The molecule has 0 radical (unpaired) electrons. The molecule has 72 valence electrons. The zero-order valence-electron chi connectivity index (χ0n) is 7.56. The van der Waals surface area contributed by atoms with Crippen LogP contribution >= 0.6 is 0 Å². The predicted octanol–water partition coefficient (Wildman–Crippen LogP) is 1.14. The molecule has 0 aliphatic rings. The van der Waals surface area contributed by atoms with Crippen molar-refractivity contribution in [2.24, 2.45) is 0 Å². The third-order valence-corrected chi connectivity index (χ3v) is 1.36. The van der Waals surface area contributed by atoms with Crippen LogP contribution in [0, 0.1) is 11.3 Å². The van der Waals surface area contributed by atoms with Gasteiger partial charge in [0.05, 0.1) is 6.61 Å². The van der Waals surface area contributed by atoms with Crippen LogP contribution in [0.5, 0.6) is 0 Å². The lowest BCUT2D eigenvalue weighted by Gasteiger charge is -1.97. The Balaban J connectivity index is 2.83. The van der Waals surface area contributed by atoms with Crippen molar-refractivity contribution in [3.63, 3.8) is 0 Å². The minimum atomic E-state index is -0.655. The summed E-state index contributed by atoms with van der Waals surface area (Å²) >= 11 is 0. The molecule has 0 aliphatic heterocycles. The quantitative estimate of drug-likeness (QED) is 0.407. The first-order valence-corrected chi connectivity index (χ1v) is 3.95. The molecule has 5 heteroatoms. The molecule has 5 nitrogen and oxygen atoms in total. The second-order valence-electron chi connectivity index (χ2n) is 2.30. The van der Waals surface area contributed by atoms with Crippen LogP contribution in [0.25, 0.3) is 6.08 Å². The molecule has 0 saturated carbocycles. The molecule has 0 atom stereocenters. The third-order valence-electron chi connectivity index (χ3n) is 1.36. The number of ether oxygens (including phenoxy) is 1. The fourth-order valence-electron chi connectivity index (χ4n) is 0.787. The first-order chi connectivity index (χ1) is 6.77. The lowest BCUT2D eigenvalue weighted by atomic mass is 10.2. The van der Waals surface area contributed by atoms with Gasteiger partial charge in [0, 0.05) is 0 Å². The highest BCUT2D eigenvalue weighted by atomic mass is 16.5. The Bertz CT molecular complexity index is 373. The monoisotopic (exact) mass is 192 g/mol. The molecular weight excluding hydrogens is 184 g/mol. The Labute approximate surface area is 80.6 Å². The van der Waals surface area contributed by atoms with Gasteiger partial charge in [-0.2, -0.15) is 5.26 Å². The molecule has 0 fully saturated rings. The average molecular weight is 192 g/mol. The summed E-state index contributed by atoms with van der Waals surface area (Å²) in [5.74, 6) is -0.655. The lowest BCUT2D eigenvalue weighted by Crippen LogP contribution is -2.05. The summed E-state index contributed by atoms with van der Waals surface area (Å²) in [6.45, 7) is 1.90. The highest BCUT2D eigenvalue weighted by molar-refractivity contribution is 5.97. The summed E-state index contributed by atoms with van der Waals surface area (Å²) in [5.41, 5.74) is 0.315. The molecule has 0 unspecified atom stereocenters. The number of esters is 1. The van der Waals surface area contributed by atoms with Gasteiger partial charge in [-0.25, -0.2) is 9.78 Å². The minimum absolute atomic E-state index is 0.0965. The summed E-state index contributed by atoms with van der Waals surface area (Å²) < 4.78 is 9.34. The summed E-state index contributed by atoms with van der Waals surface area (Å²) in [4.78, 5) is 14.9. The largest absolute Gasteiger partial charge is 0.462 e. The Morgan fingerprint density at radius 2 is 2.64 bits per heavy atom. The summed E-state index contributed by atoms with van der Waals surface area (Å²) in [6.07, 6.45) is 3.85. The average Bonchev–Trinajstić information content (AvgIpc) is 2.66. The van der Waals surface area contributed by atoms with Crippen molar-refractivity contribution >= 4 is 12.0 Å². The Kier molecular flexibility index (Phi) is 3.44. The number of rotatable bonds is 3. The summed E-state index contributed by atoms with van der Waals surface area (Å²) in [5, 5.41) is 8.64. The van der Waals surface area contributed by atoms with Crippen molar-refractivity contribution in [1.29, 1.82) is 5.26 Å². The second-order valence-corrected chi connectivity index (χ2v) is 2.30. The van der Waals surface area contributed by atoms with Gasteiger partial charge in [0.2, 0.25) is 0 Å². The molecule has 1 aromatic rings. The molecule has 1 aromatic heterocycles. The van der Waals surface area contributed by atoms with Gasteiger partial charge in [0.1, 0.15) is 23.6 Å². The summed E-state index contributed by atoms with van der Waals surface area (Å²) in [6, 6.07) is 1.73. The van der Waals surface area contributed by atoms with Gasteiger partial charge in [0.15, 0.2) is 6.39 Å². The number of aromatic nitrogens is 1. The van der Waals surface area contributed by atoms with Crippen LogP contribution in [0.2, 0.25) is 0 Å². The van der Waals surface area contributed by atoms with Crippen molar-refractivity contribution in [2.75, 3.05) is 6.61 Å². The van der Waals surface area contributed by atoms with Gasteiger partial charge in [-0.15, -0.1) is 0 Å². The maximum Gasteiger partial charge on any atom is 0.348 e. The topological polar surface area (TPSA) is 76.1 Å². The van der Waals surface area contributed by atoms with E-state index in [1.165, 1.54) is 18.7 Å². The van der Waals surface area contributed by atoms with Crippen LogP contribution in [0.4, 0.5) is 0 Å². The highest BCUT2D eigenvalue weighted by Gasteiger charge is 2.09. The molecule has 0 bridgehead atoms. The zero-order valence-corrected chi connectivity index (χ0v) is 7.56. The first kappa shape index (κ1) is 9.99. The van der Waals surface area contributed by atoms with Crippen molar-refractivity contribution in [2.45, 2.75) is 6.92 Å². The van der Waals surface area contributed by atoms with Gasteiger partial charge in [-0.3, -0.25) is 0 Å². The van der Waals surface area contributed by atoms with Crippen molar-refractivity contribution < 1.29 is 13.9 Å². The zero-order chi connectivity index (χ0) is 10.4. The van der Waals surface area contributed by atoms with E-state index in [2.05, 4.69) is 14.1 Å². The van der Waals surface area contributed by atoms with Crippen molar-refractivity contribution in [3.8, 4) is 6.07 Å². The van der Waals surface area contributed by atoms with Crippen LogP contribution in [-0.2, 0) is 9.53 Å². The van der Waals surface area contributed by atoms with Crippen molar-refractivity contribution in [3.05, 3.63) is 23.9 Å². The molecule has 0 saturated heterocycles. The first-order valence-electron chi connectivity index (χ1n) is 3.95. The molecule has 0 aromatic carbocycles. The van der Waals surface area contributed by atoms with E-state index in [0.29, 0.717) is 5.69 Å². The van der Waals surface area contributed by atoms with E-state index < -0.39 is 5.97 Å². The minimum Gasteiger partial charge on any atom is -0.462 e.